The van der Waals surface area contributed by atoms with E-state index in [1.165, 1.54) is 12.1 Å². The molecule has 2 rings (SSSR count). The largest absolute Gasteiger partial charge is 0.383 e. The molecule has 3 N–H and O–H groups in total. The molecule has 1 aromatic heterocycles. The number of amidine groups is 1. The summed E-state index contributed by atoms with van der Waals surface area (Å²) in [6.45, 7) is 0. The number of nitrogens with two attached hydrogens (primary N) is 1. The van der Waals surface area contributed by atoms with Gasteiger partial charge in [-0.15, -0.1) is 0 Å². The molecule has 0 fully saturated rings. The smallest absolute Gasteiger partial charge is 0.234 e. The zero-order chi connectivity index (χ0) is 10.8. The van der Waals surface area contributed by atoms with Gasteiger partial charge in [-0.2, -0.15) is 4.99 Å². The van der Waals surface area contributed by atoms with Gasteiger partial charge < -0.3 is 10.7 Å². The van der Waals surface area contributed by atoms with Crippen molar-refractivity contribution in [2.75, 3.05) is 0 Å². The Labute approximate surface area is 84.6 Å². The topological polar surface area (TPSA) is 71.2 Å². The predicted octanol–water partition coefficient (Wildman–Crippen LogP) is 1.17. The number of aliphatic imine (C=N–C) groups is 1. The molecule has 2 aromatic rings. The first-order chi connectivity index (χ1) is 7.24. The summed E-state index contributed by atoms with van der Waals surface area (Å²) in [7, 11) is 0. The van der Waals surface area contributed by atoms with Crippen LogP contribution in [-0.2, 0) is 4.79 Å². The Morgan fingerprint density at radius 3 is 3.00 bits per heavy atom. The van der Waals surface area contributed by atoms with Gasteiger partial charge in [-0.1, -0.05) is 0 Å². The van der Waals surface area contributed by atoms with Gasteiger partial charge in [-0.3, -0.25) is 4.79 Å². The van der Waals surface area contributed by atoms with E-state index < -0.39 is 0 Å². The maximum atomic E-state index is 13.3. The summed E-state index contributed by atoms with van der Waals surface area (Å²) < 4.78 is 13.3. The lowest BCUT2D eigenvalue weighted by Gasteiger charge is -2.01. The van der Waals surface area contributed by atoms with Crippen molar-refractivity contribution in [1.29, 1.82) is 0 Å². The minimum absolute atomic E-state index is 0.0671. The molecule has 0 bridgehead atoms. The molecule has 0 unspecified atom stereocenters. The molecule has 76 valence electrons. The van der Waals surface area contributed by atoms with Crippen molar-refractivity contribution in [3.05, 3.63) is 35.8 Å². The molecule has 15 heavy (non-hydrogen) atoms. The van der Waals surface area contributed by atoms with Crippen molar-refractivity contribution in [1.82, 2.24) is 4.98 Å². The number of hydrogen-bond donors (Lipinski definition) is 2. The summed E-state index contributed by atoms with van der Waals surface area (Å²) in [5.74, 6) is -0.272. The van der Waals surface area contributed by atoms with Crippen molar-refractivity contribution in [3.8, 4) is 0 Å². The van der Waals surface area contributed by atoms with Gasteiger partial charge in [0.15, 0.2) is 0 Å². The van der Waals surface area contributed by atoms with E-state index in [9.17, 15) is 9.18 Å². The van der Waals surface area contributed by atoms with Gasteiger partial charge >= 0.3 is 0 Å². The molecule has 0 spiro atoms. The normalized spacial score (nSPS) is 11.9. The van der Waals surface area contributed by atoms with Gasteiger partial charge in [-0.05, 0) is 18.2 Å². The third-order valence-corrected chi connectivity index (χ3v) is 2.14. The Balaban J connectivity index is 2.72. The van der Waals surface area contributed by atoms with Crippen LogP contribution in [-0.4, -0.2) is 17.2 Å². The second-order valence-electron chi connectivity index (χ2n) is 2.98. The van der Waals surface area contributed by atoms with Crippen molar-refractivity contribution in [3.63, 3.8) is 0 Å². The van der Waals surface area contributed by atoms with Crippen LogP contribution in [0.25, 0.3) is 10.9 Å². The van der Waals surface area contributed by atoms with Crippen LogP contribution in [0.15, 0.2) is 29.4 Å². The van der Waals surface area contributed by atoms with Crippen LogP contribution in [0.2, 0.25) is 0 Å². The predicted molar refractivity (Wildman–Crippen MR) is 55.0 cm³/mol. The first kappa shape index (κ1) is 9.39. The van der Waals surface area contributed by atoms with E-state index in [1.54, 1.807) is 12.3 Å². The SMILES string of the molecule is NC(=NC=O)c1ccc(F)c2cc[nH]c12. The Morgan fingerprint density at radius 1 is 1.47 bits per heavy atom. The van der Waals surface area contributed by atoms with Gasteiger partial charge in [0.1, 0.15) is 11.7 Å². The highest BCUT2D eigenvalue weighted by Crippen LogP contribution is 2.20. The van der Waals surface area contributed by atoms with Crippen molar-refractivity contribution >= 4 is 23.1 Å². The van der Waals surface area contributed by atoms with Gasteiger partial charge in [0.25, 0.3) is 0 Å². The van der Waals surface area contributed by atoms with E-state index in [2.05, 4.69) is 9.98 Å². The van der Waals surface area contributed by atoms with Crippen LogP contribution < -0.4 is 5.73 Å². The van der Waals surface area contributed by atoms with Crippen LogP contribution in [0.4, 0.5) is 4.39 Å². The maximum Gasteiger partial charge on any atom is 0.234 e. The Hall–Kier alpha value is -2.17. The minimum Gasteiger partial charge on any atom is -0.383 e. The number of nitrogens with one attached hydrogen (secondary N) is 1. The third kappa shape index (κ3) is 1.48. The summed E-state index contributed by atoms with van der Waals surface area (Å²) in [6.07, 6.45) is 1.96. The highest BCUT2D eigenvalue weighted by molar-refractivity contribution is 6.09. The fraction of sp³-hybridized carbons (Fsp3) is 0. The number of aromatic nitrogens is 1. The van der Waals surface area contributed by atoms with Crippen LogP contribution >= 0.6 is 0 Å². The zero-order valence-corrected chi connectivity index (χ0v) is 7.70. The molecule has 0 saturated heterocycles. The number of fused-ring (bicyclic) bond motifs is 1. The number of carbonyl (C=O) groups excluding carboxylic acids is 1. The molecule has 0 saturated carbocycles. The Morgan fingerprint density at radius 2 is 2.27 bits per heavy atom. The van der Waals surface area contributed by atoms with Crippen molar-refractivity contribution in [2.24, 2.45) is 10.7 Å². The molecule has 0 aliphatic heterocycles. The van der Waals surface area contributed by atoms with Crippen molar-refractivity contribution < 1.29 is 9.18 Å². The van der Waals surface area contributed by atoms with Crippen LogP contribution in [0, 0.1) is 5.82 Å². The lowest BCUT2D eigenvalue weighted by molar-refractivity contribution is -0.106. The average molecular weight is 205 g/mol. The number of amides is 1. The van der Waals surface area contributed by atoms with Gasteiger partial charge in [0, 0.05) is 17.1 Å². The summed E-state index contributed by atoms with van der Waals surface area (Å²) in [5, 5.41) is 0.427. The van der Waals surface area contributed by atoms with E-state index in [1.807, 2.05) is 0 Å². The Bertz CT molecular complexity index is 545. The molecule has 5 heteroatoms. The molecule has 0 aliphatic rings. The first-order valence-corrected chi connectivity index (χ1v) is 4.27. The van der Waals surface area contributed by atoms with E-state index >= 15 is 0 Å². The Kier molecular flexibility index (Phi) is 2.21. The molecule has 0 atom stereocenters. The van der Waals surface area contributed by atoms with E-state index in [0.717, 1.165) is 0 Å². The molecule has 4 nitrogen and oxygen atoms in total. The first-order valence-electron chi connectivity index (χ1n) is 4.27. The number of nitrogens with zero attached hydrogens (tertiary/aromatic N) is 1. The lowest BCUT2D eigenvalue weighted by Crippen LogP contribution is -2.14. The second kappa shape index (κ2) is 3.53. The maximum absolute atomic E-state index is 13.3. The summed E-state index contributed by atoms with van der Waals surface area (Å²) >= 11 is 0. The molecule has 0 aliphatic carbocycles. The van der Waals surface area contributed by atoms with Crippen LogP contribution in [0.3, 0.4) is 0 Å². The standard InChI is InChI=1S/C10H8FN3O/c11-8-2-1-7(10(12)14-5-15)9-6(8)3-4-13-9/h1-5,13H,(H2,12,14,15). The van der Waals surface area contributed by atoms with E-state index in [0.29, 0.717) is 22.9 Å². The molecule has 1 heterocycles. The van der Waals surface area contributed by atoms with Gasteiger partial charge in [0.2, 0.25) is 6.41 Å². The fourth-order valence-electron chi connectivity index (χ4n) is 1.46. The summed E-state index contributed by atoms with van der Waals surface area (Å²) in [6, 6.07) is 4.37. The van der Waals surface area contributed by atoms with Crippen LogP contribution in [0.1, 0.15) is 5.56 Å². The lowest BCUT2D eigenvalue weighted by atomic mass is 10.1. The van der Waals surface area contributed by atoms with Gasteiger partial charge in [0.05, 0.1) is 5.52 Å². The van der Waals surface area contributed by atoms with Crippen molar-refractivity contribution in [2.45, 2.75) is 0 Å². The molecule has 1 aromatic carbocycles. The summed E-state index contributed by atoms with van der Waals surface area (Å²) in [5.41, 5.74) is 6.61. The van der Waals surface area contributed by atoms with Crippen LogP contribution in [0.5, 0.6) is 0 Å². The quantitative estimate of drug-likeness (QED) is 0.439. The number of aromatic amines is 1. The number of benzene rings is 1. The average Bonchev–Trinajstić information content (AvgIpc) is 2.68. The zero-order valence-electron chi connectivity index (χ0n) is 7.70. The minimum atomic E-state index is -0.339. The highest BCUT2D eigenvalue weighted by Gasteiger charge is 2.09. The number of carbonyl (C=O) groups is 1. The van der Waals surface area contributed by atoms with Gasteiger partial charge in [-0.25, -0.2) is 4.39 Å². The number of hydrogen-bond acceptors (Lipinski definition) is 1. The number of rotatable bonds is 2. The fourth-order valence-corrected chi connectivity index (χ4v) is 1.46. The molecular formula is C10H8FN3O. The molecule has 0 radical (unpaired) electrons. The number of halogens is 1. The number of H-pyrrole nitrogens is 1. The molecular weight excluding hydrogens is 197 g/mol. The second-order valence-corrected chi connectivity index (χ2v) is 2.98. The highest BCUT2D eigenvalue weighted by atomic mass is 19.1. The van der Waals surface area contributed by atoms with E-state index in [4.69, 9.17) is 5.73 Å². The monoisotopic (exact) mass is 205 g/mol. The van der Waals surface area contributed by atoms with E-state index in [-0.39, 0.29) is 11.7 Å². The molecule has 1 amide bonds. The third-order valence-electron chi connectivity index (χ3n) is 2.14. The summed E-state index contributed by atoms with van der Waals surface area (Å²) in [4.78, 5) is 16.5.